The number of amides is 4. The summed E-state index contributed by atoms with van der Waals surface area (Å²) in [6, 6.07) is 10.1. The van der Waals surface area contributed by atoms with Crippen molar-refractivity contribution < 1.29 is 23.9 Å². The molecule has 5 rings (SSSR count). The van der Waals surface area contributed by atoms with E-state index in [-0.39, 0.29) is 29.6 Å². The number of nitrogens with zero attached hydrogens (tertiary/aromatic N) is 4. The lowest BCUT2D eigenvalue weighted by Crippen LogP contribution is -2.55. The minimum atomic E-state index is -0.748. The van der Waals surface area contributed by atoms with E-state index in [1.807, 2.05) is 32.9 Å². The summed E-state index contributed by atoms with van der Waals surface area (Å²) in [6.07, 6.45) is 2.82. The molecule has 0 spiro atoms. The van der Waals surface area contributed by atoms with Crippen molar-refractivity contribution in [3.63, 3.8) is 0 Å². The largest absolute Gasteiger partial charge is 0.487 e. The van der Waals surface area contributed by atoms with Crippen molar-refractivity contribution in [2.24, 2.45) is 10.7 Å². The van der Waals surface area contributed by atoms with Crippen molar-refractivity contribution in [3.8, 4) is 5.75 Å². The minimum Gasteiger partial charge on any atom is -0.487 e. The number of aromatic nitrogens is 2. The maximum Gasteiger partial charge on any atom is 0.326 e. The molecule has 224 valence electrons. The fourth-order valence-electron chi connectivity index (χ4n) is 5.10. The number of primary amides is 1. The zero-order valence-electron chi connectivity index (χ0n) is 24.0. The molecule has 2 aromatic carbocycles. The van der Waals surface area contributed by atoms with Gasteiger partial charge in [0.2, 0.25) is 11.8 Å². The van der Waals surface area contributed by atoms with Crippen LogP contribution in [0.3, 0.4) is 0 Å². The summed E-state index contributed by atoms with van der Waals surface area (Å²) < 4.78 is 6.31. The van der Waals surface area contributed by atoms with Crippen molar-refractivity contribution in [1.29, 1.82) is 0 Å². The van der Waals surface area contributed by atoms with Crippen LogP contribution in [0.5, 0.6) is 5.75 Å². The van der Waals surface area contributed by atoms with E-state index >= 15 is 0 Å². The van der Waals surface area contributed by atoms with Crippen molar-refractivity contribution in [2.75, 3.05) is 19.6 Å². The lowest BCUT2D eigenvalue weighted by molar-refractivity contribution is -0.123. The van der Waals surface area contributed by atoms with Crippen LogP contribution in [0.1, 0.15) is 66.6 Å². The molecule has 0 saturated carbocycles. The van der Waals surface area contributed by atoms with Gasteiger partial charge < -0.3 is 25.7 Å². The van der Waals surface area contributed by atoms with Gasteiger partial charge in [0.1, 0.15) is 35.6 Å². The quantitative estimate of drug-likeness (QED) is 0.276. The fraction of sp³-hybridized carbons (Fsp3) is 0.333. The van der Waals surface area contributed by atoms with E-state index in [0.29, 0.717) is 29.5 Å². The molecule has 12 nitrogen and oxygen atoms in total. The summed E-state index contributed by atoms with van der Waals surface area (Å²) in [5, 5.41) is 3.28. The van der Waals surface area contributed by atoms with Gasteiger partial charge in [-0.3, -0.25) is 24.3 Å². The highest BCUT2D eigenvalue weighted by atomic mass is 35.5. The first-order valence-electron chi connectivity index (χ1n) is 13.7. The van der Waals surface area contributed by atoms with Crippen molar-refractivity contribution >= 4 is 41.1 Å². The predicted molar refractivity (Wildman–Crippen MR) is 159 cm³/mol. The second kappa shape index (κ2) is 11.9. The Morgan fingerprint density at radius 1 is 1.14 bits per heavy atom. The number of carbonyl (C=O) groups is 4. The lowest BCUT2D eigenvalue weighted by atomic mass is 9.98. The minimum absolute atomic E-state index is 0.118. The lowest BCUT2D eigenvalue weighted by Gasteiger charge is -2.35. The average Bonchev–Trinajstić information content (AvgIpc) is 3.60. The van der Waals surface area contributed by atoms with Crippen LogP contribution >= 0.6 is 11.6 Å². The first kappa shape index (κ1) is 29.8. The van der Waals surface area contributed by atoms with Crippen LogP contribution in [0.2, 0.25) is 5.02 Å². The molecule has 3 aromatic rings. The van der Waals surface area contributed by atoms with E-state index in [4.69, 9.17) is 27.1 Å². The van der Waals surface area contributed by atoms with Gasteiger partial charge in [0.25, 0.3) is 0 Å². The van der Waals surface area contributed by atoms with E-state index in [2.05, 4.69) is 15.3 Å². The molecule has 0 radical (unpaired) electrons. The third-order valence-corrected chi connectivity index (χ3v) is 7.14. The number of halogens is 1. The van der Waals surface area contributed by atoms with Gasteiger partial charge in [-0.1, -0.05) is 29.8 Å². The highest BCUT2D eigenvalue weighted by Gasteiger charge is 2.46. The number of aromatic amines is 1. The van der Waals surface area contributed by atoms with E-state index in [1.54, 1.807) is 41.6 Å². The number of carbonyl (C=O) groups excluding carboxylic acids is 4. The van der Waals surface area contributed by atoms with Crippen LogP contribution < -0.4 is 15.8 Å². The van der Waals surface area contributed by atoms with Gasteiger partial charge in [0, 0.05) is 36.1 Å². The number of ether oxygens (including phenoxy) is 1. The molecule has 0 bridgehead atoms. The Kier molecular flexibility index (Phi) is 8.23. The Labute approximate surface area is 253 Å². The number of hydrogen-bond acceptors (Lipinski definition) is 7. The molecule has 1 fully saturated rings. The number of aliphatic imine (C=N–C) groups is 1. The molecular weight excluding hydrogens is 574 g/mol. The molecule has 0 aliphatic carbocycles. The Balaban J connectivity index is 1.69. The topological polar surface area (TPSA) is 163 Å². The zero-order valence-corrected chi connectivity index (χ0v) is 24.7. The molecule has 3 heterocycles. The zero-order chi connectivity index (χ0) is 30.9. The Bertz CT molecular complexity index is 1580. The van der Waals surface area contributed by atoms with E-state index < -0.39 is 41.8 Å². The number of Topliss-reactive ketones (excluding diaryl/α,β-unsaturated/α-hetero) is 1. The number of ketones is 1. The maximum absolute atomic E-state index is 14.4. The van der Waals surface area contributed by atoms with E-state index in [0.717, 1.165) is 5.56 Å². The Morgan fingerprint density at radius 2 is 1.88 bits per heavy atom. The molecule has 43 heavy (non-hydrogen) atoms. The average molecular weight is 606 g/mol. The number of nitrogens with two attached hydrogens (primary N) is 1. The van der Waals surface area contributed by atoms with Crippen LogP contribution in [0, 0.1) is 0 Å². The molecule has 2 aliphatic heterocycles. The summed E-state index contributed by atoms with van der Waals surface area (Å²) in [5.74, 6) is -0.406. The van der Waals surface area contributed by atoms with Gasteiger partial charge in [-0.15, -0.1) is 0 Å². The van der Waals surface area contributed by atoms with Crippen LogP contribution in [0.4, 0.5) is 4.79 Å². The number of nitrogens with one attached hydrogen (secondary N) is 2. The molecule has 4 N–H and O–H groups in total. The van der Waals surface area contributed by atoms with Crippen molar-refractivity contribution in [1.82, 2.24) is 25.1 Å². The SMILES string of the molecule is CC(C)(C)Oc1cc(C(=O)CC(N)=O)ccc1C1=NC(c2ncc[nH]2)C(c2ccc(Cl)cc2)N1C(=O)N1CCNC(=O)C1. The number of imidazole rings is 1. The predicted octanol–water partition coefficient (Wildman–Crippen LogP) is 3.40. The smallest absolute Gasteiger partial charge is 0.326 e. The number of rotatable bonds is 7. The number of piperazine rings is 1. The second-order valence-corrected chi connectivity index (χ2v) is 11.7. The third-order valence-electron chi connectivity index (χ3n) is 6.89. The standard InChI is InChI=1S/C30H32ClN7O5/c1-30(2,3)43-22-14-18(21(39)15-23(32)40)6-9-20(22)28-36-25(27-34-10-11-35-27)26(17-4-7-19(31)8-5-17)38(28)29(42)37-13-12-33-24(41)16-37/h4-11,14,25-26H,12-13,15-16H2,1-3H3,(H2,32,40)(H,33,41)(H,34,35). The van der Waals surface area contributed by atoms with E-state index in [9.17, 15) is 19.2 Å². The van der Waals surface area contributed by atoms with Crippen LogP contribution in [-0.2, 0) is 9.59 Å². The first-order valence-corrected chi connectivity index (χ1v) is 14.1. The maximum atomic E-state index is 14.4. The van der Waals surface area contributed by atoms with Crippen LogP contribution in [0.15, 0.2) is 59.9 Å². The summed E-state index contributed by atoms with van der Waals surface area (Å²) in [5.41, 5.74) is 5.97. The fourth-order valence-corrected chi connectivity index (χ4v) is 5.22. The second-order valence-electron chi connectivity index (χ2n) is 11.3. The van der Waals surface area contributed by atoms with Crippen LogP contribution in [-0.4, -0.2) is 74.5 Å². The number of benzene rings is 2. The molecule has 1 aromatic heterocycles. The molecule has 4 amide bonds. The van der Waals surface area contributed by atoms with Crippen LogP contribution in [0.25, 0.3) is 0 Å². The Hall–Kier alpha value is -4.71. The summed E-state index contributed by atoms with van der Waals surface area (Å²) in [7, 11) is 0. The number of hydrogen-bond donors (Lipinski definition) is 3. The summed E-state index contributed by atoms with van der Waals surface area (Å²) in [4.78, 5) is 66.6. The molecule has 2 atom stereocenters. The number of urea groups is 1. The van der Waals surface area contributed by atoms with Gasteiger partial charge in [-0.05, 0) is 50.6 Å². The monoisotopic (exact) mass is 605 g/mol. The van der Waals surface area contributed by atoms with Crippen molar-refractivity contribution in [3.05, 3.63) is 82.4 Å². The van der Waals surface area contributed by atoms with Crippen molar-refractivity contribution in [2.45, 2.75) is 44.9 Å². The molecule has 2 aliphatic rings. The van der Waals surface area contributed by atoms with E-state index in [1.165, 1.54) is 11.0 Å². The highest BCUT2D eigenvalue weighted by molar-refractivity contribution is 6.30. The normalized spacial score (nSPS) is 18.7. The van der Waals surface area contributed by atoms with Gasteiger partial charge in [-0.25, -0.2) is 9.78 Å². The molecule has 2 unspecified atom stereocenters. The summed E-state index contributed by atoms with van der Waals surface area (Å²) in [6.45, 7) is 6.05. The highest BCUT2D eigenvalue weighted by Crippen LogP contribution is 2.44. The number of amidine groups is 1. The van der Waals surface area contributed by atoms with Gasteiger partial charge in [0.15, 0.2) is 5.78 Å². The van der Waals surface area contributed by atoms with Gasteiger partial charge in [0.05, 0.1) is 18.0 Å². The van der Waals surface area contributed by atoms with Gasteiger partial charge >= 0.3 is 6.03 Å². The Morgan fingerprint density at radius 3 is 2.51 bits per heavy atom. The molecule has 1 saturated heterocycles. The number of H-pyrrole nitrogens is 1. The first-order chi connectivity index (χ1) is 20.4. The molecular formula is C30H32ClN7O5. The third kappa shape index (κ3) is 6.54. The summed E-state index contributed by atoms with van der Waals surface area (Å²) >= 11 is 6.22. The van der Waals surface area contributed by atoms with Gasteiger partial charge in [-0.2, -0.15) is 0 Å². The molecule has 13 heteroatoms.